The van der Waals surface area contributed by atoms with Crippen LogP contribution in [0.5, 0.6) is 5.75 Å². The van der Waals surface area contributed by atoms with E-state index in [1.54, 1.807) is 36.3 Å². The molecule has 0 saturated carbocycles. The number of nitrogens with zero attached hydrogens (tertiary/aromatic N) is 3. The lowest BCUT2D eigenvalue weighted by molar-refractivity contribution is -0.117. The van der Waals surface area contributed by atoms with Crippen molar-refractivity contribution in [1.82, 2.24) is 10.2 Å². The normalized spacial score (nSPS) is 16.2. The Morgan fingerprint density at radius 1 is 1.14 bits per heavy atom. The molecule has 142 valence electrons. The fourth-order valence-electron chi connectivity index (χ4n) is 3.09. The summed E-state index contributed by atoms with van der Waals surface area (Å²) in [6.45, 7) is 0.559. The van der Waals surface area contributed by atoms with Crippen LogP contribution in [0.4, 0.5) is 10.8 Å². The third kappa shape index (κ3) is 3.72. The third-order valence-electron chi connectivity index (χ3n) is 4.56. The number of nitrogens with one attached hydrogen (secondary N) is 1. The molecule has 0 aliphatic carbocycles. The molecule has 7 nitrogen and oxygen atoms in total. The minimum absolute atomic E-state index is 0.0307. The van der Waals surface area contributed by atoms with E-state index in [4.69, 9.17) is 4.74 Å². The number of hydrogen-bond acceptors (Lipinski definition) is 6. The number of anilines is 2. The summed E-state index contributed by atoms with van der Waals surface area (Å²) in [6, 6.07) is 16.4. The number of carbonyl (C=O) groups is 2. The van der Waals surface area contributed by atoms with Gasteiger partial charge in [-0.2, -0.15) is 0 Å². The summed E-state index contributed by atoms with van der Waals surface area (Å²) >= 11 is 1.30. The molecule has 1 aliphatic rings. The maximum atomic E-state index is 12.4. The van der Waals surface area contributed by atoms with Crippen LogP contribution in [0.3, 0.4) is 0 Å². The van der Waals surface area contributed by atoms with Crippen LogP contribution in [0, 0.1) is 0 Å². The summed E-state index contributed by atoms with van der Waals surface area (Å²) in [6.07, 6.45) is 0.385. The molecule has 4 rings (SSSR count). The van der Waals surface area contributed by atoms with Gasteiger partial charge in [-0.1, -0.05) is 29.5 Å². The lowest BCUT2D eigenvalue weighted by Crippen LogP contribution is -2.24. The molecule has 1 fully saturated rings. The Kier molecular flexibility index (Phi) is 5.03. The molecule has 1 aromatic heterocycles. The minimum atomic E-state index is -0.265. The quantitative estimate of drug-likeness (QED) is 0.718. The van der Waals surface area contributed by atoms with Gasteiger partial charge in [-0.05, 0) is 36.4 Å². The van der Waals surface area contributed by atoms with E-state index in [2.05, 4.69) is 15.5 Å². The molecule has 0 spiro atoms. The highest BCUT2D eigenvalue weighted by Gasteiger charge is 2.33. The molecule has 0 bridgehead atoms. The van der Waals surface area contributed by atoms with Crippen LogP contribution in [0.2, 0.25) is 0 Å². The summed E-state index contributed by atoms with van der Waals surface area (Å²) in [7, 11) is 1.57. The molecule has 1 saturated heterocycles. The van der Waals surface area contributed by atoms with Gasteiger partial charge >= 0.3 is 0 Å². The number of amides is 2. The molecular formula is C20H18N4O3S. The van der Waals surface area contributed by atoms with Gasteiger partial charge in [0, 0.05) is 30.1 Å². The SMILES string of the molecule is COc1ccc(C(=O)Nc2nnc([C@@H]3CC(=O)N(c4ccccc4)C3)s2)cc1. The van der Waals surface area contributed by atoms with Crippen LogP contribution in [0.25, 0.3) is 0 Å². The highest BCUT2D eigenvalue weighted by atomic mass is 32.1. The number of para-hydroxylation sites is 1. The van der Waals surface area contributed by atoms with Crippen molar-refractivity contribution in [3.05, 3.63) is 65.2 Å². The van der Waals surface area contributed by atoms with Crippen LogP contribution in [0.15, 0.2) is 54.6 Å². The van der Waals surface area contributed by atoms with E-state index in [-0.39, 0.29) is 17.7 Å². The Bertz CT molecular complexity index is 988. The Balaban J connectivity index is 1.43. The van der Waals surface area contributed by atoms with E-state index in [0.29, 0.717) is 29.4 Å². The van der Waals surface area contributed by atoms with Crippen molar-refractivity contribution >= 4 is 34.0 Å². The van der Waals surface area contributed by atoms with Crippen molar-refractivity contribution in [3.63, 3.8) is 0 Å². The van der Waals surface area contributed by atoms with E-state index in [1.807, 2.05) is 30.3 Å². The fraction of sp³-hybridized carbons (Fsp3) is 0.200. The molecule has 1 N–H and O–H groups in total. The number of benzene rings is 2. The van der Waals surface area contributed by atoms with Crippen molar-refractivity contribution in [2.45, 2.75) is 12.3 Å². The van der Waals surface area contributed by atoms with Crippen LogP contribution >= 0.6 is 11.3 Å². The standard InChI is InChI=1S/C20H18N4O3S/c1-27-16-9-7-13(8-10-16)18(26)21-20-23-22-19(28-20)14-11-17(25)24(12-14)15-5-3-2-4-6-15/h2-10,14H,11-12H2,1H3,(H,21,23,26)/t14-/m1/s1. The molecule has 28 heavy (non-hydrogen) atoms. The molecule has 8 heteroatoms. The van der Waals surface area contributed by atoms with Gasteiger partial charge in [0.1, 0.15) is 10.8 Å². The summed E-state index contributed by atoms with van der Waals surface area (Å²) in [4.78, 5) is 26.5. The van der Waals surface area contributed by atoms with Crippen molar-refractivity contribution in [2.24, 2.45) is 0 Å². The van der Waals surface area contributed by atoms with Crippen LogP contribution < -0.4 is 15.0 Å². The second kappa shape index (κ2) is 7.77. The van der Waals surface area contributed by atoms with E-state index < -0.39 is 0 Å². The zero-order chi connectivity index (χ0) is 19.5. The molecule has 1 atom stereocenters. The first-order valence-electron chi connectivity index (χ1n) is 8.78. The monoisotopic (exact) mass is 394 g/mol. The molecule has 2 amide bonds. The minimum Gasteiger partial charge on any atom is -0.497 e. The highest BCUT2D eigenvalue weighted by molar-refractivity contribution is 7.15. The Morgan fingerprint density at radius 2 is 1.89 bits per heavy atom. The highest BCUT2D eigenvalue weighted by Crippen LogP contribution is 2.34. The third-order valence-corrected chi connectivity index (χ3v) is 5.56. The Hall–Kier alpha value is -3.26. The van der Waals surface area contributed by atoms with E-state index in [9.17, 15) is 9.59 Å². The number of hydrogen-bond donors (Lipinski definition) is 1. The average Bonchev–Trinajstić information content (AvgIpc) is 3.35. The molecule has 3 aromatic rings. The van der Waals surface area contributed by atoms with Gasteiger partial charge in [-0.3, -0.25) is 14.9 Å². The fourth-order valence-corrected chi connectivity index (χ4v) is 3.92. The van der Waals surface area contributed by atoms with Gasteiger partial charge in [0.2, 0.25) is 11.0 Å². The van der Waals surface area contributed by atoms with E-state index in [0.717, 1.165) is 10.7 Å². The topological polar surface area (TPSA) is 84.4 Å². The van der Waals surface area contributed by atoms with E-state index >= 15 is 0 Å². The predicted octanol–water partition coefficient (Wildman–Crippen LogP) is 3.32. The first kappa shape index (κ1) is 18.1. The second-order valence-corrected chi connectivity index (χ2v) is 7.38. The first-order valence-corrected chi connectivity index (χ1v) is 9.60. The van der Waals surface area contributed by atoms with Gasteiger partial charge in [-0.15, -0.1) is 10.2 Å². The van der Waals surface area contributed by atoms with Crippen molar-refractivity contribution < 1.29 is 14.3 Å². The van der Waals surface area contributed by atoms with Crippen LogP contribution in [-0.4, -0.2) is 35.7 Å². The van der Waals surface area contributed by atoms with Gasteiger partial charge in [0.05, 0.1) is 7.11 Å². The predicted molar refractivity (Wildman–Crippen MR) is 107 cm³/mol. The number of aromatic nitrogens is 2. The molecule has 2 aromatic carbocycles. The van der Waals surface area contributed by atoms with Crippen molar-refractivity contribution in [3.8, 4) is 5.75 Å². The zero-order valence-corrected chi connectivity index (χ0v) is 16.0. The summed E-state index contributed by atoms with van der Waals surface area (Å²) in [5.74, 6) is 0.453. The number of methoxy groups -OCH3 is 1. The largest absolute Gasteiger partial charge is 0.497 e. The lowest BCUT2D eigenvalue weighted by atomic mass is 10.1. The van der Waals surface area contributed by atoms with E-state index in [1.165, 1.54) is 11.3 Å². The molecule has 2 heterocycles. The van der Waals surface area contributed by atoms with Gasteiger partial charge < -0.3 is 9.64 Å². The summed E-state index contributed by atoms with van der Waals surface area (Å²) in [5.41, 5.74) is 1.39. The maximum Gasteiger partial charge on any atom is 0.257 e. The average molecular weight is 394 g/mol. The van der Waals surface area contributed by atoms with Crippen LogP contribution in [0.1, 0.15) is 27.7 Å². The number of ether oxygens (including phenoxy) is 1. The van der Waals surface area contributed by atoms with Crippen molar-refractivity contribution in [2.75, 3.05) is 23.9 Å². The van der Waals surface area contributed by atoms with Crippen molar-refractivity contribution in [1.29, 1.82) is 0 Å². The molecule has 0 unspecified atom stereocenters. The van der Waals surface area contributed by atoms with Gasteiger partial charge in [-0.25, -0.2) is 0 Å². The maximum absolute atomic E-state index is 12.4. The Morgan fingerprint density at radius 3 is 2.61 bits per heavy atom. The molecular weight excluding hydrogens is 376 g/mol. The molecule has 1 aliphatic heterocycles. The van der Waals surface area contributed by atoms with Crippen LogP contribution in [-0.2, 0) is 4.79 Å². The number of carbonyl (C=O) groups excluding carboxylic acids is 2. The van der Waals surface area contributed by atoms with Gasteiger partial charge in [0.25, 0.3) is 5.91 Å². The summed E-state index contributed by atoms with van der Waals surface area (Å²) < 4.78 is 5.09. The molecule has 0 radical (unpaired) electrons. The Labute approximate surface area is 166 Å². The summed E-state index contributed by atoms with van der Waals surface area (Å²) in [5, 5.41) is 12.2. The lowest BCUT2D eigenvalue weighted by Gasteiger charge is -2.15. The smallest absolute Gasteiger partial charge is 0.257 e. The zero-order valence-electron chi connectivity index (χ0n) is 15.2. The first-order chi connectivity index (χ1) is 13.6. The number of rotatable bonds is 5. The second-order valence-electron chi connectivity index (χ2n) is 6.37. The van der Waals surface area contributed by atoms with Gasteiger partial charge in [0.15, 0.2) is 0 Å².